The van der Waals surface area contributed by atoms with Crippen LogP contribution in [0.3, 0.4) is 0 Å². The minimum Gasteiger partial charge on any atom is -0.508 e. The van der Waals surface area contributed by atoms with Crippen LogP contribution in [-0.4, -0.2) is 145 Å². The summed E-state index contributed by atoms with van der Waals surface area (Å²) >= 11 is 0. The number of ether oxygens (including phenoxy) is 12. The van der Waals surface area contributed by atoms with Crippen molar-refractivity contribution in [1.82, 2.24) is 0 Å². The number of carbonyl (C=O) groups excluding carboxylic acids is 9. The summed E-state index contributed by atoms with van der Waals surface area (Å²) in [5, 5.41) is 27.5. The molecule has 0 atom stereocenters. The van der Waals surface area contributed by atoms with E-state index in [1.807, 2.05) is 12.1 Å². The molecule has 0 amide bonds. The maximum Gasteiger partial charge on any atom is 0.516 e. The number of methoxy groups -OCH3 is 8. The molecule has 0 fully saturated rings. The normalized spacial score (nSPS) is 10.4. The number of hydrogen-bond acceptors (Lipinski definition) is 24. The fourth-order valence-electron chi connectivity index (χ4n) is 7.39. The molecule has 518 valence electrons. The van der Waals surface area contributed by atoms with Crippen molar-refractivity contribution < 1.29 is 115 Å². The van der Waals surface area contributed by atoms with Crippen LogP contribution in [-0.2, 0) is 75.3 Å². The van der Waals surface area contributed by atoms with Gasteiger partial charge in [0, 0.05) is 49.0 Å². The SMILES string of the molecule is CCOC(=O)CCC(=O)/C=C/c1ccc(O)c(CO)c1.CCOC(=O)CCC(=O)/C=C/c1ccc(OC)c(OC)c1.CCOC(=O)OC(=O)/C=C/c1ccc(OC)c(OC)c1.COC(=O)/C=C/c1ccc(OC)c(OC)c1.COc1cc(/C=C/C(=O)CCC(C)=O)ccc1CO. The standard InChI is InChI=1S/C16H20O5.C15H18O5.C15H18O4.C14H16O6.C12H14O4/c1-4-21-16(18)10-8-13(17)7-5-12-6-9-14(19-2)15(11-12)20-3;1-2-20-15(19)8-6-13(17)5-3-11-4-7-14(18)12(9-11)10-16;1-11(17)3-7-14(18)8-5-12-4-6-13(10-16)15(9-12)19-2;1-4-19-14(16)20-13(15)8-6-10-5-7-11(17-2)12(9-10)18-3;1-14-10-6-4-9(8-11(10)15-2)5-7-12(13)16-3/h5-7,9,11H,4,8,10H2,1-3H3;3-5,7,9,16,18H,2,6,8,10H2,1H3;4-6,8-9,16H,3,7,10H2,1-2H3;5-9H,4H2,1-3H3;4-8H,1-3H3/b7-5+;5-3+;8-5+;8-6+;7-5+. The van der Waals surface area contributed by atoms with Gasteiger partial charge in [-0.1, -0.05) is 54.6 Å². The van der Waals surface area contributed by atoms with E-state index in [1.54, 1.807) is 146 Å². The van der Waals surface area contributed by atoms with Gasteiger partial charge >= 0.3 is 30.0 Å². The number of esters is 4. The summed E-state index contributed by atoms with van der Waals surface area (Å²) in [5.41, 5.74) is 4.94. The first kappa shape index (κ1) is 83.2. The molecule has 0 bridgehead atoms. The zero-order valence-electron chi connectivity index (χ0n) is 56.1. The first-order chi connectivity index (χ1) is 46.0. The number of hydrogen-bond donors (Lipinski definition) is 3. The number of aliphatic hydroxyl groups is 2. The average molecular weight is 1340 g/mol. The van der Waals surface area contributed by atoms with E-state index in [0.717, 1.165) is 22.8 Å². The first-order valence-electron chi connectivity index (χ1n) is 29.7. The van der Waals surface area contributed by atoms with Crippen LogP contribution in [0.25, 0.3) is 30.4 Å². The summed E-state index contributed by atoms with van der Waals surface area (Å²) in [6, 6.07) is 25.8. The first-order valence-corrected chi connectivity index (χ1v) is 29.7. The predicted octanol–water partition coefficient (Wildman–Crippen LogP) is 10.9. The number of rotatable bonds is 31. The number of allylic oxidation sites excluding steroid dienone is 3. The lowest BCUT2D eigenvalue weighted by atomic mass is 10.1. The molecule has 0 aromatic heterocycles. The highest BCUT2D eigenvalue weighted by Gasteiger charge is 2.12. The monoisotopic (exact) mass is 1330 g/mol. The molecule has 0 aliphatic heterocycles. The Kier molecular flexibility index (Phi) is 42.3. The molecule has 0 saturated heterocycles. The second kappa shape index (κ2) is 48.8. The summed E-state index contributed by atoms with van der Waals surface area (Å²) in [4.78, 5) is 101. The van der Waals surface area contributed by atoms with Gasteiger partial charge in [0.1, 0.15) is 17.3 Å². The Morgan fingerprint density at radius 1 is 0.365 bits per heavy atom. The highest BCUT2D eigenvalue weighted by Crippen LogP contribution is 2.30. The van der Waals surface area contributed by atoms with Gasteiger partial charge in [-0.25, -0.2) is 14.4 Å². The van der Waals surface area contributed by atoms with Crippen molar-refractivity contribution in [2.45, 2.75) is 79.4 Å². The van der Waals surface area contributed by atoms with Crippen molar-refractivity contribution >= 4 is 83.5 Å². The van der Waals surface area contributed by atoms with Crippen LogP contribution in [0.5, 0.6) is 46.0 Å². The third-order valence-corrected chi connectivity index (χ3v) is 12.3. The highest BCUT2D eigenvalue weighted by atomic mass is 16.7. The molecule has 24 nitrogen and oxygen atoms in total. The summed E-state index contributed by atoms with van der Waals surface area (Å²) in [6.45, 7) is 6.94. The van der Waals surface area contributed by atoms with Crippen molar-refractivity contribution in [2.24, 2.45) is 0 Å². The molecule has 0 saturated carbocycles. The van der Waals surface area contributed by atoms with Crippen molar-refractivity contribution in [3.05, 3.63) is 160 Å². The topological polar surface area (TPSA) is 325 Å². The Labute approximate surface area is 559 Å². The highest BCUT2D eigenvalue weighted by molar-refractivity contribution is 5.97. The van der Waals surface area contributed by atoms with Crippen molar-refractivity contribution in [1.29, 1.82) is 0 Å². The Balaban J connectivity index is 0.000000601. The molecule has 0 aliphatic carbocycles. The third kappa shape index (κ3) is 34.7. The van der Waals surface area contributed by atoms with Crippen LogP contribution in [0.4, 0.5) is 4.79 Å². The van der Waals surface area contributed by atoms with E-state index in [-0.39, 0.29) is 99.2 Å². The Hall–Kier alpha value is -10.9. The second-order valence-electron chi connectivity index (χ2n) is 19.1. The van der Waals surface area contributed by atoms with Gasteiger partial charge in [0.05, 0.1) is 103 Å². The summed E-state index contributed by atoms with van der Waals surface area (Å²) < 4.78 is 58.8. The molecule has 96 heavy (non-hydrogen) atoms. The van der Waals surface area contributed by atoms with Crippen molar-refractivity contribution in [3.8, 4) is 46.0 Å². The molecule has 24 heteroatoms. The number of aliphatic hydroxyl groups excluding tert-OH is 2. The van der Waals surface area contributed by atoms with Gasteiger partial charge < -0.3 is 77.0 Å². The summed E-state index contributed by atoms with van der Waals surface area (Å²) in [7, 11) is 12.2. The Bertz CT molecular complexity index is 3460. The van der Waals surface area contributed by atoms with Crippen LogP contribution >= 0.6 is 0 Å². The predicted molar refractivity (Wildman–Crippen MR) is 359 cm³/mol. The molecule has 5 rings (SSSR count). The summed E-state index contributed by atoms with van der Waals surface area (Å²) in [5.74, 6) is 1.88. The number of ketones is 4. The smallest absolute Gasteiger partial charge is 0.508 e. The maximum absolute atomic E-state index is 11.7. The van der Waals surface area contributed by atoms with Crippen molar-refractivity contribution in [3.63, 3.8) is 0 Å². The van der Waals surface area contributed by atoms with Gasteiger partial charge in [-0.15, -0.1) is 0 Å². The van der Waals surface area contributed by atoms with E-state index in [0.29, 0.717) is 75.7 Å². The fourth-order valence-corrected chi connectivity index (χ4v) is 7.39. The zero-order chi connectivity index (χ0) is 71.8. The van der Waals surface area contributed by atoms with Gasteiger partial charge in [-0.05, 0) is 140 Å². The quantitative estimate of drug-likeness (QED) is 0.0161. The molecule has 0 heterocycles. The van der Waals surface area contributed by atoms with Crippen LogP contribution in [0, 0.1) is 0 Å². The average Bonchev–Trinajstić information content (AvgIpc) is 1.02. The maximum atomic E-state index is 11.7. The molecule has 0 radical (unpaired) electrons. The minimum absolute atomic E-state index is 0.00992. The number of phenols is 1. The Morgan fingerprint density at radius 3 is 1.05 bits per heavy atom. The number of aromatic hydroxyl groups is 1. The van der Waals surface area contributed by atoms with Crippen LogP contribution in [0.2, 0.25) is 0 Å². The van der Waals surface area contributed by atoms with Crippen LogP contribution in [0.15, 0.2) is 121 Å². The zero-order valence-corrected chi connectivity index (χ0v) is 56.1. The van der Waals surface area contributed by atoms with E-state index in [4.69, 9.17) is 52.8 Å². The lowest BCUT2D eigenvalue weighted by Crippen LogP contribution is -2.11. The largest absolute Gasteiger partial charge is 0.516 e. The van der Waals surface area contributed by atoms with Crippen LogP contribution in [0.1, 0.15) is 105 Å². The van der Waals surface area contributed by atoms with E-state index < -0.39 is 18.1 Å². The van der Waals surface area contributed by atoms with Crippen molar-refractivity contribution in [2.75, 3.05) is 76.7 Å². The molecule has 3 N–H and O–H groups in total. The fraction of sp³-hybridized carbons (Fsp3) is 0.319. The summed E-state index contributed by atoms with van der Waals surface area (Å²) in [6.07, 6.45) is 14.7. The molecule has 0 spiro atoms. The van der Waals surface area contributed by atoms with E-state index in [2.05, 4.69) is 14.2 Å². The lowest BCUT2D eigenvalue weighted by Gasteiger charge is -2.07. The van der Waals surface area contributed by atoms with E-state index in [9.17, 15) is 48.3 Å². The molecular weight excluding hydrogens is 1250 g/mol. The Morgan fingerprint density at radius 2 is 0.698 bits per heavy atom. The van der Waals surface area contributed by atoms with E-state index in [1.165, 1.54) is 71.8 Å². The third-order valence-electron chi connectivity index (χ3n) is 12.3. The molecular formula is C72H86O24. The van der Waals surface area contributed by atoms with Gasteiger partial charge in [-0.2, -0.15) is 0 Å². The van der Waals surface area contributed by atoms with Crippen LogP contribution < -0.4 is 33.2 Å². The minimum atomic E-state index is -1.02. The van der Waals surface area contributed by atoms with E-state index >= 15 is 0 Å². The number of carbonyl (C=O) groups is 9. The number of Topliss-reactive ketones (excluding diaryl/α,β-unsaturated/α-hetero) is 1. The van der Waals surface area contributed by atoms with Gasteiger partial charge in [-0.3, -0.25) is 24.0 Å². The second-order valence-corrected chi connectivity index (χ2v) is 19.1. The van der Waals surface area contributed by atoms with Gasteiger partial charge in [0.25, 0.3) is 0 Å². The molecule has 0 unspecified atom stereocenters. The number of benzene rings is 5. The lowest BCUT2D eigenvalue weighted by molar-refractivity contribution is -0.144. The molecule has 5 aromatic rings. The molecule has 0 aliphatic rings. The van der Waals surface area contributed by atoms with Gasteiger partial charge in [0.15, 0.2) is 51.8 Å². The molecule has 5 aromatic carbocycles. The van der Waals surface area contributed by atoms with Gasteiger partial charge in [0.2, 0.25) is 0 Å².